The number of hydrogen-bond donors (Lipinski definition) is 0. The average molecular weight is 509 g/mol. The molecule has 0 saturated carbocycles. The summed E-state index contributed by atoms with van der Waals surface area (Å²) in [5.74, 6) is 0. The van der Waals surface area contributed by atoms with Crippen molar-refractivity contribution in [2.45, 2.75) is 12.3 Å². The van der Waals surface area contributed by atoms with Crippen molar-refractivity contribution in [2.24, 2.45) is 0 Å². The van der Waals surface area contributed by atoms with E-state index < -0.39 is 0 Å². The molecule has 0 nitrogen and oxygen atoms in total. The molecule has 0 heterocycles. The fraction of sp³-hybridized carbons (Fsp3) is 0.0500. The van der Waals surface area contributed by atoms with Crippen molar-refractivity contribution < 1.29 is 0 Å². The van der Waals surface area contributed by atoms with Gasteiger partial charge in [0.2, 0.25) is 0 Å². The summed E-state index contributed by atoms with van der Waals surface area (Å²) in [4.78, 5) is 0. The molecule has 40 heavy (non-hydrogen) atoms. The topological polar surface area (TPSA) is 0 Å². The van der Waals surface area contributed by atoms with Gasteiger partial charge in [0.1, 0.15) is 0 Å². The standard InChI is InChI=1S/C40H28/c1-27-11-10-13-31(25-27)40(38-19-8-6-17-35(38)36-18-7-9-20-39(36)40)30-23-21-28(22-24-30)37-26-29-12-2-3-14-32(29)33-15-4-5-16-34(33)37/h2-26H,1H3. The molecule has 7 aromatic carbocycles. The lowest BCUT2D eigenvalue weighted by molar-refractivity contribution is 0.767. The summed E-state index contributed by atoms with van der Waals surface area (Å²) in [7, 11) is 0. The molecule has 1 aliphatic carbocycles. The molecule has 0 unspecified atom stereocenters. The molecule has 0 bridgehead atoms. The Morgan fingerprint density at radius 2 is 1.00 bits per heavy atom. The van der Waals surface area contributed by atoms with E-state index in [2.05, 4.69) is 159 Å². The minimum atomic E-state index is -0.372. The number of fused-ring (bicyclic) bond motifs is 6. The quantitative estimate of drug-likeness (QED) is 0.208. The zero-order valence-electron chi connectivity index (χ0n) is 22.4. The van der Waals surface area contributed by atoms with Gasteiger partial charge in [-0.15, -0.1) is 0 Å². The highest BCUT2D eigenvalue weighted by Crippen LogP contribution is 2.56. The Balaban J connectivity index is 1.39. The Morgan fingerprint density at radius 3 is 1.70 bits per heavy atom. The predicted octanol–water partition coefficient (Wildman–Crippen LogP) is 10.3. The maximum atomic E-state index is 2.36. The Kier molecular flexibility index (Phi) is 5.06. The fourth-order valence-corrected chi connectivity index (χ4v) is 7.09. The highest BCUT2D eigenvalue weighted by atomic mass is 14.5. The molecule has 0 amide bonds. The monoisotopic (exact) mass is 508 g/mol. The summed E-state index contributed by atoms with van der Waals surface area (Å²) in [6.07, 6.45) is 0. The summed E-state index contributed by atoms with van der Waals surface area (Å²) >= 11 is 0. The maximum Gasteiger partial charge on any atom is 0.0713 e. The van der Waals surface area contributed by atoms with Gasteiger partial charge in [-0.05, 0) is 79.0 Å². The Bertz CT molecular complexity index is 2010. The first-order valence-corrected chi connectivity index (χ1v) is 14.0. The molecule has 0 heteroatoms. The highest BCUT2D eigenvalue weighted by molar-refractivity contribution is 6.13. The van der Waals surface area contributed by atoms with Gasteiger partial charge in [0.05, 0.1) is 5.41 Å². The third-order valence-electron chi connectivity index (χ3n) is 8.80. The van der Waals surface area contributed by atoms with Crippen molar-refractivity contribution >= 4 is 21.5 Å². The zero-order valence-corrected chi connectivity index (χ0v) is 22.4. The van der Waals surface area contributed by atoms with Crippen molar-refractivity contribution in [3.05, 3.63) is 179 Å². The molecule has 188 valence electrons. The molecule has 7 aromatic rings. The lowest BCUT2D eigenvalue weighted by Crippen LogP contribution is -2.28. The third kappa shape index (κ3) is 3.20. The highest BCUT2D eigenvalue weighted by Gasteiger charge is 2.45. The summed E-state index contributed by atoms with van der Waals surface area (Å²) in [6, 6.07) is 56.2. The van der Waals surface area contributed by atoms with E-state index in [-0.39, 0.29) is 5.41 Å². The molecule has 1 aliphatic rings. The van der Waals surface area contributed by atoms with Crippen molar-refractivity contribution in [2.75, 3.05) is 0 Å². The first-order chi connectivity index (χ1) is 19.7. The second kappa shape index (κ2) is 8.79. The lowest BCUT2D eigenvalue weighted by Gasteiger charge is -2.34. The van der Waals surface area contributed by atoms with Crippen LogP contribution in [0.3, 0.4) is 0 Å². The van der Waals surface area contributed by atoms with Crippen LogP contribution in [-0.2, 0) is 5.41 Å². The molecule has 0 aromatic heterocycles. The largest absolute Gasteiger partial charge is 0.0713 e. The molecule has 0 N–H and O–H groups in total. The molecule has 8 rings (SSSR count). The van der Waals surface area contributed by atoms with Crippen LogP contribution in [0.15, 0.2) is 152 Å². The van der Waals surface area contributed by atoms with Gasteiger partial charge in [0.15, 0.2) is 0 Å². The fourth-order valence-electron chi connectivity index (χ4n) is 7.09. The number of rotatable bonds is 3. The van der Waals surface area contributed by atoms with Gasteiger partial charge in [-0.1, -0.05) is 151 Å². The molecule has 0 radical (unpaired) electrons. The van der Waals surface area contributed by atoms with Crippen molar-refractivity contribution in [1.82, 2.24) is 0 Å². The van der Waals surface area contributed by atoms with Crippen LogP contribution in [0.5, 0.6) is 0 Å². The number of aryl methyl sites for hydroxylation is 1. The molecular weight excluding hydrogens is 480 g/mol. The Hall–Kier alpha value is -4.94. The molecule has 0 spiro atoms. The SMILES string of the molecule is Cc1cccc(C2(c3ccc(-c4cc5ccccc5c5ccccc45)cc3)c3ccccc3-c3ccccc32)c1. The average Bonchev–Trinajstić information content (AvgIpc) is 3.32. The Labute approximate surface area is 235 Å². The molecular formula is C40H28. The minimum absolute atomic E-state index is 0.372. The van der Waals surface area contributed by atoms with Crippen LogP contribution in [0.2, 0.25) is 0 Å². The maximum absolute atomic E-state index is 2.36. The first kappa shape index (κ1) is 23.0. The molecule has 0 atom stereocenters. The second-order valence-corrected chi connectivity index (χ2v) is 11.0. The van der Waals surface area contributed by atoms with E-state index in [4.69, 9.17) is 0 Å². The van der Waals surface area contributed by atoms with Crippen LogP contribution in [0.4, 0.5) is 0 Å². The summed E-state index contributed by atoms with van der Waals surface area (Å²) < 4.78 is 0. The normalized spacial score (nSPS) is 13.3. The molecule has 0 saturated heterocycles. The van der Waals surface area contributed by atoms with E-state index >= 15 is 0 Å². The minimum Gasteiger partial charge on any atom is -0.0619 e. The van der Waals surface area contributed by atoms with Crippen LogP contribution < -0.4 is 0 Å². The van der Waals surface area contributed by atoms with Gasteiger partial charge >= 0.3 is 0 Å². The van der Waals surface area contributed by atoms with Crippen LogP contribution in [0.1, 0.15) is 27.8 Å². The van der Waals surface area contributed by atoms with E-state index in [0.717, 1.165) is 0 Å². The van der Waals surface area contributed by atoms with Crippen LogP contribution in [0, 0.1) is 6.92 Å². The number of hydrogen-bond acceptors (Lipinski definition) is 0. The van der Waals surface area contributed by atoms with E-state index in [1.54, 1.807) is 0 Å². The first-order valence-electron chi connectivity index (χ1n) is 14.0. The summed E-state index contributed by atoms with van der Waals surface area (Å²) in [5, 5.41) is 5.17. The van der Waals surface area contributed by atoms with E-state index in [1.807, 2.05) is 0 Å². The number of benzene rings is 7. The second-order valence-electron chi connectivity index (χ2n) is 11.0. The van der Waals surface area contributed by atoms with Gasteiger partial charge in [0.25, 0.3) is 0 Å². The smallest absolute Gasteiger partial charge is 0.0619 e. The van der Waals surface area contributed by atoms with Crippen LogP contribution in [0.25, 0.3) is 43.8 Å². The Morgan fingerprint density at radius 1 is 0.400 bits per heavy atom. The zero-order chi connectivity index (χ0) is 26.7. The van der Waals surface area contributed by atoms with Gasteiger partial charge < -0.3 is 0 Å². The van der Waals surface area contributed by atoms with Gasteiger partial charge in [-0.3, -0.25) is 0 Å². The lowest BCUT2D eigenvalue weighted by atomic mass is 9.67. The summed E-state index contributed by atoms with van der Waals surface area (Å²) in [6.45, 7) is 2.19. The predicted molar refractivity (Wildman–Crippen MR) is 169 cm³/mol. The van der Waals surface area contributed by atoms with Crippen molar-refractivity contribution in [3.63, 3.8) is 0 Å². The summed E-state index contributed by atoms with van der Waals surface area (Å²) in [5.41, 5.74) is 11.4. The van der Waals surface area contributed by atoms with Crippen molar-refractivity contribution in [1.29, 1.82) is 0 Å². The molecule has 0 fully saturated rings. The van der Waals surface area contributed by atoms with E-state index in [1.165, 1.54) is 71.6 Å². The van der Waals surface area contributed by atoms with E-state index in [0.29, 0.717) is 0 Å². The van der Waals surface area contributed by atoms with Crippen molar-refractivity contribution in [3.8, 4) is 22.3 Å². The molecule has 0 aliphatic heterocycles. The van der Waals surface area contributed by atoms with E-state index in [9.17, 15) is 0 Å². The van der Waals surface area contributed by atoms with Crippen LogP contribution >= 0.6 is 0 Å². The van der Waals surface area contributed by atoms with Gasteiger partial charge in [-0.25, -0.2) is 0 Å². The van der Waals surface area contributed by atoms with Crippen LogP contribution in [-0.4, -0.2) is 0 Å². The van der Waals surface area contributed by atoms with Gasteiger partial charge in [0, 0.05) is 0 Å². The third-order valence-corrected chi connectivity index (χ3v) is 8.80. The van der Waals surface area contributed by atoms with Gasteiger partial charge in [-0.2, -0.15) is 0 Å².